The predicted molar refractivity (Wildman–Crippen MR) is 125 cm³/mol. The van der Waals surface area contributed by atoms with Crippen LogP contribution in [0.2, 0.25) is 0 Å². The molecule has 0 spiro atoms. The third-order valence-corrected chi connectivity index (χ3v) is 4.13. The Labute approximate surface area is 166 Å². The van der Waals surface area contributed by atoms with Crippen molar-refractivity contribution in [1.29, 1.82) is 0 Å². The highest BCUT2D eigenvalue weighted by Gasteiger charge is 2.04. The Balaban J connectivity index is -0.000000353. The minimum absolute atomic E-state index is 0.585. The van der Waals surface area contributed by atoms with E-state index in [4.69, 9.17) is 0 Å². The predicted octanol–water partition coefficient (Wildman–Crippen LogP) is 9.11. The first-order valence-corrected chi connectivity index (χ1v) is 10.4. The molecule has 0 aliphatic rings. The SMILES string of the molecule is C=C(C)/C(C)=C/C(CC)/C(C)=C\C.CC.CC.CCc1ccc(C)cc1. The lowest BCUT2D eigenvalue weighted by Gasteiger charge is -2.12. The molecule has 0 saturated carbocycles. The van der Waals surface area contributed by atoms with Gasteiger partial charge in [0.25, 0.3) is 0 Å². The molecule has 0 fully saturated rings. The second-order valence-corrected chi connectivity index (χ2v) is 6.02. The average Bonchev–Trinajstić information content (AvgIpc) is 2.69. The van der Waals surface area contributed by atoms with Gasteiger partial charge in [0.15, 0.2) is 0 Å². The molecular weight excluding hydrogens is 312 g/mol. The summed E-state index contributed by atoms with van der Waals surface area (Å²) < 4.78 is 0. The maximum absolute atomic E-state index is 3.94. The van der Waals surface area contributed by atoms with Crippen molar-refractivity contribution in [3.8, 4) is 0 Å². The fraction of sp³-hybridized carbons (Fsp3) is 0.538. The van der Waals surface area contributed by atoms with Gasteiger partial charge in [-0.2, -0.15) is 0 Å². The fourth-order valence-electron chi connectivity index (χ4n) is 2.05. The van der Waals surface area contributed by atoms with E-state index in [1.165, 1.54) is 34.3 Å². The second-order valence-electron chi connectivity index (χ2n) is 6.02. The monoisotopic (exact) mass is 358 g/mol. The molecule has 0 heteroatoms. The molecule has 0 bridgehead atoms. The van der Waals surface area contributed by atoms with E-state index in [9.17, 15) is 0 Å². The maximum Gasteiger partial charge on any atom is -0.00230 e. The molecule has 0 aliphatic heterocycles. The van der Waals surface area contributed by atoms with Gasteiger partial charge in [-0.3, -0.25) is 0 Å². The van der Waals surface area contributed by atoms with Crippen LogP contribution in [0.5, 0.6) is 0 Å². The molecule has 0 amide bonds. The van der Waals surface area contributed by atoms with Gasteiger partial charge in [-0.1, -0.05) is 107 Å². The summed E-state index contributed by atoms with van der Waals surface area (Å²) >= 11 is 0. The molecule has 0 nitrogen and oxygen atoms in total. The van der Waals surface area contributed by atoms with Crippen molar-refractivity contribution in [3.05, 3.63) is 70.8 Å². The van der Waals surface area contributed by atoms with Gasteiger partial charge in [0.2, 0.25) is 0 Å². The lowest BCUT2D eigenvalue weighted by Crippen LogP contribution is -1.97. The van der Waals surface area contributed by atoms with Crippen LogP contribution in [0.4, 0.5) is 0 Å². The zero-order valence-electron chi connectivity index (χ0n) is 19.7. The van der Waals surface area contributed by atoms with Crippen molar-refractivity contribution < 1.29 is 0 Å². The smallest absolute Gasteiger partial charge is 0.00230 e. The molecule has 0 aliphatic carbocycles. The number of hydrogen-bond donors (Lipinski definition) is 0. The van der Waals surface area contributed by atoms with Crippen LogP contribution >= 0.6 is 0 Å². The van der Waals surface area contributed by atoms with Crippen molar-refractivity contribution in [2.45, 2.75) is 89.0 Å². The standard InChI is InChI=1S/C13H22.C9H12.2C2H6/c1-7-11(5)13(8-2)9-12(6)10(3)4;1-3-9-6-4-8(2)5-7-9;2*1-2/h7,9,13H,3,8H2,1-2,4-6H3;4-7H,3H2,1-2H3;2*1-2H3/b11-7-,12-9+;;;. The van der Waals surface area contributed by atoms with Crippen LogP contribution in [-0.2, 0) is 6.42 Å². The quantitative estimate of drug-likeness (QED) is 0.363. The van der Waals surface area contributed by atoms with Gasteiger partial charge in [0.05, 0.1) is 0 Å². The van der Waals surface area contributed by atoms with E-state index in [1.807, 2.05) is 27.7 Å². The highest BCUT2D eigenvalue weighted by atomic mass is 14.1. The normalized spacial score (nSPS) is 11.7. The van der Waals surface area contributed by atoms with Gasteiger partial charge < -0.3 is 0 Å². The van der Waals surface area contributed by atoms with Crippen molar-refractivity contribution in [2.24, 2.45) is 5.92 Å². The molecule has 1 rings (SSSR count). The Morgan fingerprint density at radius 2 is 1.42 bits per heavy atom. The van der Waals surface area contributed by atoms with Crippen LogP contribution in [0.15, 0.2) is 59.7 Å². The van der Waals surface area contributed by atoms with E-state index in [1.54, 1.807) is 0 Å². The van der Waals surface area contributed by atoms with Crippen molar-refractivity contribution >= 4 is 0 Å². The number of aryl methyl sites for hydroxylation is 2. The first kappa shape index (κ1) is 29.2. The van der Waals surface area contributed by atoms with Crippen molar-refractivity contribution in [3.63, 3.8) is 0 Å². The summed E-state index contributed by atoms with van der Waals surface area (Å²) in [5, 5.41) is 0. The summed E-state index contributed by atoms with van der Waals surface area (Å²) in [6.45, 7) is 26.9. The highest BCUT2D eigenvalue weighted by molar-refractivity contribution is 5.27. The molecule has 1 atom stereocenters. The number of allylic oxidation sites excluding steroid dienone is 5. The zero-order chi connectivity index (χ0) is 21.1. The van der Waals surface area contributed by atoms with Gasteiger partial charge in [0.1, 0.15) is 0 Å². The Morgan fingerprint density at radius 1 is 0.962 bits per heavy atom. The highest BCUT2D eigenvalue weighted by Crippen LogP contribution is 2.19. The molecule has 26 heavy (non-hydrogen) atoms. The third-order valence-electron chi connectivity index (χ3n) is 4.13. The van der Waals surface area contributed by atoms with E-state index >= 15 is 0 Å². The van der Waals surface area contributed by atoms with E-state index in [0.717, 1.165) is 6.42 Å². The van der Waals surface area contributed by atoms with Crippen LogP contribution in [0.1, 0.15) is 86.8 Å². The van der Waals surface area contributed by atoms with Crippen LogP contribution in [0, 0.1) is 12.8 Å². The average molecular weight is 359 g/mol. The Morgan fingerprint density at radius 3 is 1.73 bits per heavy atom. The maximum atomic E-state index is 3.94. The molecule has 1 unspecified atom stereocenters. The molecule has 0 heterocycles. The number of hydrogen-bond acceptors (Lipinski definition) is 0. The molecule has 0 aromatic heterocycles. The van der Waals surface area contributed by atoms with Gasteiger partial charge >= 0.3 is 0 Å². The molecule has 0 radical (unpaired) electrons. The van der Waals surface area contributed by atoms with Gasteiger partial charge in [-0.05, 0) is 58.9 Å². The summed E-state index contributed by atoms with van der Waals surface area (Å²) in [6.07, 6.45) is 6.81. The molecule has 1 aromatic carbocycles. The minimum Gasteiger partial charge on any atom is -0.0959 e. The van der Waals surface area contributed by atoms with E-state index in [0.29, 0.717) is 5.92 Å². The number of rotatable bonds is 5. The molecule has 0 saturated heterocycles. The number of benzene rings is 1. The Bertz CT molecular complexity index is 497. The summed E-state index contributed by atoms with van der Waals surface area (Å²) in [5.41, 5.74) is 6.69. The lowest BCUT2D eigenvalue weighted by atomic mass is 9.94. The van der Waals surface area contributed by atoms with E-state index in [2.05, 4.69) is 91.5 Å². The largest absolute Gasteiger partial charge is 0.0959 e. The minimum atomic E-state index is 0.585. The van der Waals surface area contributed by atoms with E-state index < -0.39 is 0 Å². The van der Waals surface area contributed by atoms with Crippen LogP contribution in [-0.4, -0.2) is 0 Å². The topological polar surface area (TPSA) is 0 Å². The van der Waals surface area contributed by atoms with Gasteiger partial charge in [-0.25, -0.2) is 0 Å². The van der Waals surface area contributed by atoms with Gasteiger partial charge in [-0.15, -0.1) is 0 Å². The van der Waals surface area contributed by atoms with Crippen LogP contribution < -0.4 is 0 Å². The molecular formula is C26H46. The first-order valence-electron chi connectivity index (χ1n) is 10.4. The lowest BCUT2D eigenvalue weighted by molar-refractivity contribution is 0.720. The molecule has 1 aromatic rings. The van der Waals surface area contributed by atoms with Gasteiger partial charge in [0, 0.05) is 0 Å². The van der Waals surface area contributed by atoms with Crippen LogP contribution in [0.25, 0.3) is 0 Å². The first-order chi connectivity index (χ1) is 12.3. The molecule has 0 N–H and O–H groups in total. The van der Waals surface area contributed by atoms with Crippen molar-refractivity contribution in [2.75, 3.05) is 0 Å². The third kappa shape index (κ3) is 14.8. The Hall–Kier alpha value is -1.56. The summed E-state index contributed by atoms with van der Waals surface area (Å²) in [5.74, 6) is 0.585. The second kappa shape index (κ2) is 19.8. The Kier molecular flexibility index (Phi) is 22.2. The summed E-state index contributed by atoms with van der Waals surface area (Å²) in [7, 11) is 0. The molecule has 150 valence electrons. The van der Waals surface area contributed by atoms with Crippen molar-refractivity contribution in [1.82, 2.24) is 0 Å². The van der Waals surface area contributed by atoms with Crippen LogP contribution in [0.3, 0.4) is 0 Å². The van der Waals surface area contributed by atoms with E-state index in [-0.39, 0.29) is 0 Å². The summed E-state index contributed by atoms with van der Waals surface area (Å²) in [6, 6.07) is 8.66. The summed E-state index contributed by atoms with van der Waals surface area (Å²) in [4.78, 5) is 0. The zero-order valence-corrected chi connectivity index (χ0v) is 19.7. The fourth-order valence-corrected chi connectivity index (χ4v) is 2.05.